The average Bonchev–Trinajstić information content (AvgIpc) is 3.38. The van der Waals surface area contributed by atoms with Crippen LogP contribution in [0.2, 0.25) is 0 Å². The first-order chi connectivity index (χ1) is 18.1. The van der Waals surface area contributed by atoms with Gasteiger partial charge in [-0.3, -0.25) is 5.32 Å². The maximum absolute atomic E-state index is 3.70. The van der Waals surface area contributed by atoms with Gasteiger partial charge in [-0.2, -0.15) is 0 Å². The van der Waals surface area contributed by atoms with Gasteiger partial charge in [-0.1, -0.05) is 111 Å². The van der Waals surface area contributed by atoms with Crippen molar-refractivity contribution in [3.05, 3.63) is 132 Å². The molecule has 0 bridgehead atoms. The summed E-state index contributed by atoms with van der Waals surface area (Å²) in [6.07, 6.45) is 0. The van der Waals surface area contributed by atoms with Crippen LogP contribution in [0.3, 0.4) is 0 Å². The lowest BCUT2D eigenvalue weighted by Crippen LogP contribution is -2.18. The van der Waals surface area contributed by atoms with E-state index in [2.05, 4.69) is 139 Å². The minimum Gasteiger partial charge on any atom is -0.327 e. The predicted octanol–water partition coefficient (Wildman–Crippen LogP) is 8.52. The van der Waals surface area contributed by atoms with Crippen LogP contribution in [0.4, 0.5) is 0 Å². The van der Waals surface area contributed by atoms with Gasteiger partial charge in [0.25, 0.3) is 0 Å². The molecule has 0 radical (unpaired) electrons. The van der Waals surface area contributed by atoms with Crippen LogP contribution < -0.4 is 5.32 Å². The number of nitrogens with zero attached hydrogens (tertiary/aromatic N) is 1. The Morgan fingerprint density at radius 1 is 0.649 bits per heavy atom. The molecular formula is C35H30N2. The zero-order chi connectivity index (χ0) is 25.0. The van der Waals surface area contributed by atoms with Gasteiger partial charge in [-0.25, -0.2) is 0 Å². The fourth-order valence-corrected chi connectivity index (χ4v) is 6.27. The molecule has 0 atom stereocenters. The van der Waals surface area contributed by atoms with Crippen molar-refractivity contribution in [2.24, 2.45) is 0 Å². The van der Waals surface area contributed by atoms with Crippen molar-refractivity contribution in [3.8, 4) is 22.3 Å². The molecule has 0 aliphatic heterocycles. The largest absolute Gasteiger partial charge is 0.327 e. The lowest BCUT2D eigenvalue weighted by atomic mass is 9.82. The van der Waals surface area contributed by atoms with Crippen LogP contribution in [0.15, 0.2) is 115 Å². The zero-order valence-electron chi connectivity index (χ0n) is 21.3. The summed E-state index contributed by atoms with van der Waals surface area (Å²) in [5.74, 6) is 0. The normalized spacial score (nSPS) is 13.7. The van der Waals surface area contributed by atoms with E-state index in [1.54, 1.807) is 0 Å². The van der Waals surface area contributed by atoms with Gasteiger partial charge in [0.05, 0.1) is 17.7 Å². The summed E-state index contributed by atoms with van der Waals surface area (Å²) in [5.41, 5.74) is 11.9. The monoisotopic (exact) mass is 478 g/mol. The van der Waals surface area contributed by atoms with Crippen LogP contribution in [-0.2, 0) is 18.6 Å². The molecular weight excluding hydrogens is 448 g/mol. The maximum atomic E-state index is 3.70. The van der Waals surface area contributed by atoms with Crippen LogP contribution in [0.5, 0.6) is 0 Å². The van der Waals surface area contributed by atoms with Crippen LogP contribution in [0.25, 0.3) is 44.1 Å². The molecule has 1 aromatic heterocycles. The van der Waals surface area contributed by atoms with Crippen LogP contribution >= 0.6 is 0 Å². The summed E-state index contributed by atoms with van der Waals surface area (Å²) >= 11 is 0. The summed E-state index contributed by atoms with van der Waals surface area (Å²) in [5, 5.41) is 6.39. The van der Waals surface area contributed by atoms with E-state index in [0.717, 1.165) is 13.2 Å². The van der Waals surface area contributed by atoms with Gasteiger partial charge in [0.1, 0.15) is 0 Å². The third-order valence-electron chi connectivity index (χ3n) is 8.12. The van der Waals surface area contributed by atoms with E-state index in [1.807, 2.05) is 0 Å². The third kappa shape index (κ3) is 3.44. The molecule has 5 aromatic carbocycles. The van der Waals surface area contributed by atoms with E-state index in [4.69, 9.17) is 0 Å². The van der Waals surface area contributed by atoms with E-state index in [0.29, 0.717) is 0 Å². The fourth-order valence-electron chi connectivity index (χ4n) is 6.27. The molecule has 0 amide bonds. The highest BCUT2D eigenvalue weighted by Gasteiger charge is 2.37. The fraction of sp³-hybridized carbons (Fsp3) is 0.143. The van der Waals surface area contributed by atoms with Gasteiger partial charge in [0.2, 0.25) is 0 Å². The molecule has 0 fully saturated rings. The first kappa shape index (κ1) is 22.1. The summed E-state index contributed by atoms with van der Waals surface area (Å²) in [6.45, 7) is 6.31. The van der Waals surface area contributed by atoms with Gasteiger partial charge < -0.3 is 4.57 Å². The quantitative estimate of drug-likeness (QED) is 0.263. The number of fused-ring (bicyclic) bond motifs is 7. The van der Waals surface area contributed by atoms with Crippen molar-refractivity contribution in [2.75, 3.05) is 0 Å². The van der Waals surface area contributed by atoms with Gasteiger partial charge in [-0.15, -0.1) is 0 Å². The highest BCUT2D eigenvalue weighted by Crippen LogP contribution is 2.52. The molecule has 180 valence electrons. The van der Waals surface area contributed by atoms with E-state index in [1.165, 1.54) is 60.8 Å². The number of hydrogen-bond acceptors (Lipinski definition) is 1. The molecule has 2 nitrogen and oxygen atoms in total. The highest BCUT2D eigenvalue weighted by atomic mass is 15.1. The van der Waals surface area contributed by atoms with Crippen molar-refractivity contribution in [2.45, 2.75) is 32.5 Å². The Morgan fingerprint density at radius 3 is 2.16 bits per heavy atom. The Morgan fingerprint density at radius 2 is 1.35 bits per heavy atom. The molecule has 37 heavy (non-hydrogen) atoms. The second-order valence-corrected chi connectivity index (χ2v) is 10.6. The topological polar surface area (TPSA) is 17.0 Å². The summed E-state index contributed by atoms with van der Waals surface area (Å²) in [7, 11) is 0. The Kier molecular flexibility index (Phi) is 5.05. The Bertz CT molecular complexity index is 1760. The Hall–Kier alpha value is -4.14. The molecule has 0 unspecified atom stereocenters. The molecule has 0 saturated heterocycles. The smallest absolute Gasteiger partial charge is 0.0734 e. The van der Waals surface area contributed by atoms with Gasteiger partial charge in [0, 0.05) is 22.7 Å². The van der Waals surface area contributed by atoms with E-state index in [9.17, 15) is 0 Å². The number of rotatable bonds is 5. The van der Waals surface area contributed by atoms with E-state index >= 15 is 0 Å². The third-order valence-corrected chi connectivity index (χ3v) is 8.12. The first-order valence-electron chi connectivity index (χ1n) is 13.1. The number of nitrogens with one attached hydrogen (secondary N) is 1. The van der Waals surface area contributed by atoms with Gasteiger partial charge in [0.15, 0.2) is 0 Å². The summed E-state index contributed by atoms with van der Waals surface area (Å²) in [4.78, 5) is 0. The molecule has 0 saturated carbocycles. The first-order valence-corrected chi connectivity index (χ1v) is 13.1. The summed E-state index contributed by atoms with van der Waals surface area (Å²) < 4.78 is 2.45. The lowest BCUT2D eigenvalue weighted by Gasteiger charge is -2.21. The van der Waals surface area contributed by atoms with E-state index < -0.39 is 0 Å². The number of aromatic nitrogens is 1. The average molecular weight is 479 g/mol. The second kappa shape index (κ2) is 8.47. The molecule has 6 aromatic rings. The van der Waals surface area contributed by atoms with E-state index in [-0.39, 0.29) is 5.41 Å². The number of hydrogen-bond donors (Lipinski definition) is 1. The molecule has 2 heteroatoms. The molecule has 1 heterocycles. The van der Waals surface area contributed by atoms with Crippen LogP contribution in [-0.4, -0.2) is 4.57 Å². The van der Waals surface area contributed by atoms with Crippen molar-refractivity contribution < 1.29 is 0 Å². The zero-order valence-corrected chi connectivity index (χ0v) is 21.3. The SMILES string of the molecule is CC1(C)c2ccccc2-c2c1ccc1c2c2cc(-c3ccccc3)ccc2n1CNCc1ccccc1. The van der Waals surface area contributed by atoms with Crippen LogP contribution in [0.1, 0.15) is 30.5 Å². The molecule has 7 rings (SSSR count). The molecule has 0 spiro atoms. The Labute approximate surface area is 218 Å². The molecule has 1 aliphatic rings. The maximum Gasteiger partial charge on any atom is 0.0734 e. The van der Waals surface area contributed by atoms with Gasteiger partial charge >= 0.3 is 0 Å². The van der Waals surface area contributed by atoms with Crippen LogP contribution in [0, 0.1) is 0 Å². The number of benzene rings is 5. The van der Waals surface area contributed by atoms with Gasteiger partial charge in [-0.05, 0) is 57.1 Å². The van der Waals surface area contributed by atoms with Crippen molar-refractivity contribution in [1.29, 1.82) is 0 Å². The highest BCUT2D eigenvalue weighted by molar-refractivity contribution is 6.17. The minimum absolute atomic E-state index is 0.0167. The predicted molar refractivity (Wildman–Crippen MR) is 156 cm³/mol. The summed E-state index contributed by atoms with van der Waals surface area (Å²) in [6, 6.07) is 42.0. The van der Waals surface area contributed by atoms with Crippen molar-refractivity contribution >= 4 is 21.8 Å². The standard InChI is InChI=1S/C35H30N2/c1-35(2)29-16-10-9-15-27(29)33-30(35)18-20-32-34(33)28-21-26(25-13-7-4-8-14-25)17-19-31(28)37(32)23-36-22-24-11-5-3-6-12-24/h3-21,36H,22-23H2,1-2H3. The molecule has 1 aliphatic carbocycles. The Balaban J connectivity index is 1.46. The molecule has 1 N–H and O–H groups in total. The minimum atomic E-state index is -0.0167. The second-order valence-electron chi connectivity index (χ2n) is 10.6. The lowest BCUT2D eigenvalue weighted by molar-refractivity contribution is 0.582. The van der Waals surface area contributed by atoms with Crippen molar-refractivity contribution in [1.82, 2.24) is 9.88 Å². The van der Waals surface area contributed by atoms with Crippen molar-refractivity contribution in [3.63, 3.8) is 0 Å².